The van der Waals surface area contributed by atoms with E-state index in [0.29, 0.717) is 12.4 Å². The second kappa shape index (κ2) is 6.03. The third kappa shape index (κ3) is 2.76. The number of methoxy groups -OCH3 is 1. The minimum atomic E-state index is 0.402. The maximum Gasteiger partial charge on any atom is 0.160 e. The van der Waals surface area contributed by atoms with Crippen LogP contribution in [-0.4, -0.2) is 21.6 Å². The van der Waals surface area contributed by atoms with Crippen molar-refractivity contribution in [3.8, 4) is 5.75 Å². The zero-order valence-electron chi connectivity index (χ0n) is 11.4. The van der Waals surface area contributed by atoms with Crippen molar-refractivity contribution in [2.45, 2.75) is 12.4 Å². The Balaban J connectivity index is 1.97. The smallest absolute Gasteiger partial charge is 0.160 e. The quantitative estimate of drug-likeness (QED) is 0.656. The molecule has 0 amide bonds. The average molecular weight is 367 g/mol. The van der Waals surface area contributed by atoms with E-state index in [1.807, 2.05) is 28.8 Å². The highest BCUT2D eigenvalue weighted by Crippen LogP contribution is 2.25. The molecule has 2 heterocycles. The Kier molecular flexibility index (Phi) is 4.12. The molecule has 1 aromatic carbocycles. The predicted octanol–water partition coefficient (Wildman–Crippen LogP) is 3.99. The summed E-state index contributed by atoms with van der Waals surface area (Å²) in [4.78, 5) is 8.89. The Morgan fingerprint density at radius 3 is 2.67 bits per heavy atom. The molecule has 0 saturated heterocycles. The van der Waals surface area contributed by atoms with Gasteiger partial charge in [0.1, 0.15) is 11.3 Å². The van der Waals surface area contributed by atoms with Crippen molar-refractivity contribution in [1.29, 1.82) is 0 Å². The topological polar surface area (TPSA) is 39.9 Å². The van der Waals surface area contributed by atoms with Crippen molar-refractivity contribution in [2.75, 3.05) is 7.11 Å². The van der Waals surface area contributed by atoms with Crippen LogP contribution in [0.15, 0.2) is 41.3 Å². The molecule has 4 nitrogen and oxygen atoms in total. The molecule has 21 heavy (non-hydrogen) atoms. The molecular formula is C15H13BrClN3O. The fourth-order valence-electron chi connectivity index (χ4n) is 2.20. The van der Waals surface area contributed by atoms with E-state index in [4.69, 9.17) is 16.3 Å². The summed E-state index contributed by atoms with van der Waals surface area (Å²) in [5.74, 6) is 1.25. The van der Waals surface area contributed by atoms with Crippen molar-refractivity contribution >= 4 is 38.7 Å². The summed E-state index contributed by atoms with van der Waals surface area (Å²) in [6.07, 6.45) is 3.57. The molecule has 0 spiro atoms. The van der Waals surface area contributed by atoms with Gasteiger partial charge >= 0.3 is 0 Å². The summed E-state index contributed by atoms with van der Waals surface area (Å²) < 4.78 is 8.07. The van der Waals surface area contributed by atoms with Crippen LogP contribution in [0.5, 0.6) is 5.75 Å². The molecule has 108 valence electrons. The first-order valence-electron chi connectivity index (χ1n) is 6.40. The normalized spacial score (nSPS) is 11.0. The van der Waals surface area contributed by atoms with Crippen LogP contribution in [0.4, 0.5) is 0 Å². The first-order valence-corrected chi connectivity index (χ1v) is 7.72. The van der Waals surface area contributed by atoms with Gasteiger partial charge in [0.05, 0.1) is 25.9 Å². The van der Waals surface area contributed by atoms with Crippen molar-refractivity contribution in [1.82, 2.24) is 14.5 Å². The number of rotatable bonds is 4. The Morgan fingerprint density at radius 2 is 2.00 bits per heavy atom. The zero-order valence-corrected chi connectivity index (χ0v) is 13.7. The van der Waals surface area contributed by atoms with Crippen molar-refractivity contribution in [2.24, 2.45) is 0 Å². The lowest BCUT2D eigenvalue weighted by Gasteiger charge is -2.06. The van der Waals surface area contributed by atoms with Gasteiger partial charge in [-0.25, -0.2) is 9.97 Å². The van der Waals surface area contributed by atoms with E-state index in [0.717, 1.165) is 32.5 Å². The van der Waals surface area contributed by atoms with E-state index in [-0.39, 0.29) is 0 Å². The van der Waals surface area contributed by atoms with Gasteiger partial charge in [-0.15, -0.1) is 11.6 Å². The first kappa shape index (κ1) is 14.4. The Labute approximate surface area is 135 Å². The summed E-state index contributed by atoms with van der Waals surface area (Å²) in [6, 6.07) is 7.96. The molecule has 3 rings (SSSR count). The third-order valence-electron chi connectivity index (χ3n) is 3.33. The molecule has 0 fully saturated rings. The Bertz CT molecular complexity index is 770. The van der Waals surface area contributed by atoms with Gasteiger partial charge in [0.2, 0.25) is 0 Å². The van der Waals surface area contributed by atoms with Crippen LogP contribution in [0.2, 0.25) is 0 Å². The van der Waals surface area contributed by atoms with Gasteiger partial charge in [0.15, 0.2) is 5.65 Å². The number of pyridine rings is 1. The number of fused-ring (bicyclic) bond motifs is 1. The maximum atomic E-state index is 5.99. The minimum absolute atomic E-state index is 0.402. The second-order valence-corrected chi connectivity index (χ2v) is 5.73. The average Bonchev–Trinajstić information content (AvgIpc) is 2.91. The predicted molar refractivity (Wildman–Crippen MR) is 86.9 cm³/mol. The molecule has 0 aliphatic rings. The van der Waals surface area contributed by atoms with Gasteiger partial charge in [-0.1, -0.05) is 12.1 Å². The molecular weight excluding hydrogens is 354 g/mol. The first-order chi connectivity index (χ1) is 10.2. The number of alkyl halides is 1. The molecule has 0 atom stereocenters. The summed E-state index contributed by atoms with van der Waals surface area (Å²) in [5.41, 5.74) is 3.81. The van der Waals surface area contributed by atoms with E-state index in [9.17, 15) is 0 Å². The van der Waals surface area contributed by atoms with Gasteiger partial charge < -0.3 is 9.30 Å². The zero-order chi connectivity index (χ0) is 14.8. The van der Waals surface area contributed by atoms with Gasteiger partial charge in [-0.05, 0) is 33.6 Å². The fourth-order valence-corrected chi connectivity index (χ4v) is 3.07. The van der Waals surface area contributed by atoms with Crippen LogP contribution in [0.25, 0.3) is 11.2 Å². The maximum absolute atomic E-state index is 5.99. The van der Waals surface area contributed by atoms with Crippen LogP contribution in [0, 0.1) is 0 Å². The standard InChI is InChI=1S/C15H13BrClN3O/c1-21-11-4-2-10(3-5-11)8-20-9-19-14-12(6-17)13(16)7-18-15(14)20/h2-5,7,9H,6,8H2,1H3. The van der Waals surface area contributed by atoms with E-state index < -0.39 is 0 Å². The number of hydrogen-bond acceptors (Lipinski definition) is 3. The van der Waals surface area contributed by atoms with Crippen molar-refractivity contribution in [3.63, 3.8) is 0 Å². The van der Waals surface area contributed by atoms with Gasteiger partial charge in [-0.3, -0.25) is 0 Å². The van der Waals surface area contributed by atoms with E-state index in [1.54, 1.807) is 19.6 Å². The molecule has 0 N–H and O–H groups in total. The van der Waals surface area contributed by atoms with Gasteiger partial charge in [0, 0.05) is 16.2 Å². The molecule has 0 unspecified atom stereocenters. The lowest BCUT2D eigenvalue weighted by atomic mass is 10.2. The van der Waals surface area contributed by atoms with Crippen LogP contribution in [-0.2, 0) is 12.4 Å². The largest absolute Gasteiger partial charge is 0.497 e. The molecule has 2 aromatic heterocycles. The van der Waals surface area contributed by atoms with Crippen LogP contribution in [0.1, 0.15) is 11.1 Å². The SMILES string of the molecule is COc1ccc(Cn2cnc3c(CCl)c(Br)cnc32)cc1. The molecule has 0 aliphatic heterocycles. The van der Waals surface area contributed by atoms with Crippen molar-refractivity contribution < 1.29 is 4.74 Å². The van der Waals surface area contributed by atoms with Crippen molar-refractivity contribution in [3.05, 3.63) is 52.4 Å². The van der Waals surface area contributed by atoms with Crippen LogP contribution >= 0.6 is 27.5 Å². The van der Waals surface area contributed by atoms with Crippen LogP contribution < -0.4 is 4.74 Å². The van der Waals surface area contributed by atoms with Gasteiger partial charge in [0.25, 0.3) is 0 Å². The van der Waals surface area contributed by atoms with E-state index >= 15 is 0 Å². The fraction of sp³-hybridized carbons (Fsp3) is 0.200. The number of imidazole rings is 1. The number of benzene rings is 1. The summed E-state index contributed by atoms with van der Waals surface area (Å²) in [5, 5.41) is 0. The number of hydrogen-bond donors (Lipinski definition) is 0. The second-order valence-electron chi connectivity index (χ2n) is 4.61. The molecule has 0 aliphatic carbocycles. The highest BCUT2D eigenvalue weighted by atomic mass is 79.9. The molecule has 0 saturated carbocycles. The lowest BCUT2D eigenvalue weighted by Crippen LogP contribution is -2.00. The number of ether oxygens (including phenoxy) is 1. The Morgan fingerprint density at radius 1 is 1.24 bits per heavy atom. The monoisotopic (exact) mass is 365 g/mol. The van der Waals surface area contributed by atoms with E-state index in [1.165, 1.54) is 0 Å². The highest BCUT2D eigenvalue weighted by Gasteiger charge is 2.11. The number of halogens is 2. The van der Waals surface area contributed by atoms with Gasteiger partial charge in [-0.2, -0.15) is 0 Å². The summed E-state index contributed by atoms with van der Waals surface area (Å²) >= 11 is 9.45. The third-order valence-corrected chi connectivity index (χ3v) is 4.28. The summed E-state index contributed by atoms with van der Waals surface area (Å²) in [7, 11) is 1.66. The Hall–Kier alpha value is -1.59. The molecule has 6 heteroatoms. The molecule has 0 bridgehead atoms. The summed E-state index contributed by atoms with van der Waals surface area (Å²) in [6.45, 7) is 0.705. The molecule has 0 radical (unpaired) electrons. The van der Waals surface area contributed by atoms with E-state index in [2.05, 4.69) is 25.9 Å². The lowest BCUT2D eigenvalue weighted by molar-refractivity contribution is 0.414. The van der Waals surface area contributed by atoms with Crippen LogP contribution in [0.3, 0.4) is 0 Å². The number of nitrogens with zero attached hydrogens (tertiary/aromatic N) is 3. The molecule has 3 aromatic rings. The number of aromatic nitrogens is 3. The minimum Gasteiger partial charge on any atom is -0.497 e. The highest BCUT2D eigenvalue weighted by molar-refractivity contribution is 9.10.